The molecule has 0 bridgehead atoms. The molecule has 0 saturated carbocycles. The first-order valence-corrected chi connectivity index (χ1v) is 8.88. The second-order valence-corrected chi connectivity index (χ2v) is 6.55. The molecule has 3 aromatic carbocycles. The summed E-state index contributed by atoms with van der Waals surface area (Å²) in [6.07, 6.45) is -0.241. The fourth-order valence-corrected chi connectivity index (χ4v) is 3.33. The van der Waals surface area contributed by atoms with Gasteiger partial charge in [0.05, 0.1) is 23.8 Å². The molecular formula is C22H14F4N2O2. The summed E-state index contributed by atoms with van der Waals surface area (Å²) < 4.78 is 61.4. The van der Waals surface area contributed by atoms with Crippen LogP contribution in [0.15, 0.2) is 48.5 Å². The van der Waals surface area contributed by atoms with Crippen molar-refractivity contribution in [2.24, 2.45) is 0 Å². The molecule has 0 aliphatic rings. The first-order valence-electron chi connectivity index (χ1n) is 8.88. The zero-order chi connectivity index (χ0) is 21.4. The lowest BCUT2D eigenvalue weighted by Crippen LogP contribution is -2.09. The van der Waals surface area contributed by atoms with Crippen LogP contribution in [0.4, 0.5) is 17.6 Å². The number of ether oxygens (including phenoxy) is 1. The molecule has 1 aromatic heterocycles. The van der Waals surface area contributed by atoms with Crippen molar-refractivity contribution in [3.05, 3.63) is 88.5 Å². The molecule has 0 saturated heterocycles. The van der Waals surface area contributed by atoms with Gasteiger partial charge in [-0.05, 0) is 35.9 Å². The van der Waals surface area contributed by atoms with Gasteiger partial charge < -0.3 is 9.72 Å². The number of aromatic nitrogens is 2. The van der Waals surface area contributed by atoms with Crippen molar-refractivity contribution in [1.29, 1.82) is 0 Å². The molecule has 4 aromatic rings. The molecule has 0 aliphatic heterocycles. The molecular weight excluding hydrogens is 400 g/mol. The predicted octanol–water partition coefficient (Wildman–Crippen LogP) is 5.16. The highest BCUT2D eigenvalue weighted by Crippen LogP contribution is 2.30. The number of nitrogens with one attached hydrogen (secondary N) is 1. The number of fused-ring (bicyclic) bond motifs is 1. The van der Waals surface area contributed by atoms with Gasteiger partial charge in [0.25, 0.3) is 0 Å². The minimum atomic E-state index is -0.831. The fraction of sp³-hybridized carbons (Fsp3) is 0.0909. The van der Waals surface area contributed by atoms with Gasteiger partial charge in [0.1, 0.15) is 34.6 Å². The summed E-state index contributed by atoms with van der Waals surface area (Å²) in [6, 6.07) is 9.85. The summed E-state index contributed by atoms with van der Waals surface area (Å²) in [5.41, 5.74) is -0.00834. The number of benzene rings is 3. The number of aromatic amines is 1. The number of halogens is 4. The summed E-state index contributed by atoms with van der Waals surface area (Å²) in [5, 5.41) is 0. The third-order valence-corrected chi connectivity index (χ3v) is 4.76. The number of imidazole rings is 1. The lowest BCUT2D eigenvalue weighted by atomic mass is 9.98. The maximum Gasteiger partial charge on any atom is 0.340 e. The Morgan fingerprint density at radius 1 is 0.933 bits per heavy atom. The zero-order valence-electron chi connectivity index (χ0n) is 15.6. The number of carbonyl (C=O) groups excluding carboxylic acids is 1. The smallest absolute Gasteiger partial charge is 0.340 e. The van der Waals surface area contributed by atoms with Crippen LogP contribution in [0.2, 0.25) is 0 Å². The molecule has 0 atom stereocenters. The summed E-state index contributed by atoms with van der Waals surface area (Å²) in [7, 11) is 1.15. The molecule has 4 rings (SSSR count). The molecule has 0 spiro atoms. The Morgan fingerprint density at radius 3 is 2.13 bits per heavy atom. The Balaban J connectivity index is 1.92. The van der Waals surface area contributed by atoms with Gasteiger partial charge in [-0.25, -0.2) is 27.3 Å². The van der Waals surface area contributed by atoms with Crippen molar-refractivity contribution in [2.75, 3.05) is 7.11 Å². The van der Waals surface area contributed by atoms with Gasteiger partial charge in [-0.3, -0.25) is 0 Å². The Kier molecular flexibility index (Phi) is 4.99. The van der Waals surface area contributed by atoms with Gasteiger partial charge in [-0.15, -0.1) is 0 Å². The standard InChI is InChI=1S/C22H14F4N2O2/c1-30-22(29)18-11(10-12-13(23)4-2-5-14(12)24)8-9-17-20(18)28-21(27-17)19-15(25)6-3-7-16(19)26/h2-9H,10H2,1H3,(H,27,28). The van der Waals surface area contributed by atoms with Gasteiger partial charge >= 0.3 is 5.97 Å². The number of methoxy groups -OCH3 is 1. The maximum absolute atomic E-state index is 14.2. The molecule has 0 amide bonds. The zero-order valence-corrected chi connectivity index (χ0v) is 15.6. The van der Waals surface area contributed by atoms with Crippen molar-refractivity contribution < 1.29 is 27.1 Å². The minimum absolute atomic E-state index is 0.0445. The third-order valence-electron chi connectivity index (χ3n) is 4.76. The van der Waals surface area contributed by atoms with Gasteiger partial charge in [-0.2, -0.15) is 0 Å². The van der Waals surface area contributed by atoms with Crippen molar-refractivity contribution in [1.82, 2.24) is 9.97 Å². The number of esters is 1. The van der Waals surface area contributed by atoms with E-state index in [1.807, 2.05) is 0 Å². The van der Waals surface area contributed by atoms with Crippen LogP contribution in [-0.4, -0.2) is 23.0 Å². The number of hydrogen-bond donors (Lipinski definition) is 1. The molecule has 8 heteroatoms. The van der Waals surface area contributed by atoms with Crippen LogP contribution in [0, 0.1) is 23.3 Å². The van der Waals surface area contributed by atoms with E-state index in [2.05, 4.69) is 9.97 Å². The van der Waals surface area contributed by atoms with E-state index in [1.165, 1.54) is 24.3 Å². The van der Waals surface area contributed by atoms with Crippen LogP contribution < -0.4 is 0 Å². The monoisotopic (exact) mass is 414 g/mol. The van der Waals surface area contributed by atoms with Gasteiger partial charge in [0, 0.05) is 12.0 Å². The average molecular weight is 414 g/mol. The largest absolute Gasteiger partial charge is 0.465 e. The summed E-state index contributed by atoms with van der Waals surface area (Å²) >= 11 is 0. The molecule has 0 radical (unpaired) electrons. The number of hydrogen-bond acceptors (Lipinski definition) is 3. The van der Waals surface area contributed by atoms with Crippen molar-refractivity contribution in [3.63, 3.8) is 0 Å². The maximum atomic E-state index is 14.2. The number of H-pyrrole nitrogens is 1. The van der Waals surface area contributed by atoms with Crippen molar-refractivity contribution in [2.45, 2.75) is 6.42 Å². The molecule has 0 fully saturated rings. The second kappa shape index (κ2) is 7.62. The van der Waals surface area contributed by atoms with E-state index in [-0.39, 0.29) is 40.0 Å². The fourth-order valence-electron chi connectivity index (χ4n) is 3.33. The van der Waals surface area contributed by atoms with Crippen molar-refractivity contribution >= 4 is 17.0 Å². The van der Waals surface area contributed by atoms with Crippen LogP contribution in [0.3, 0.4) is 0 Å². The van der Waals surface area contributed by atoms with Gasteiger partial charge in [-0.1, -0.05) is 18.2 Å². The summed E-state index contributed by atoms with van der Waals surface area (Å²) in [6.45, 7) is 0. The Hall–Kier alpha value is -3.68. The summed E-state index contributed by atoms with van der Waals surface area (Å²) in [5.74, 6) is -4.10. The van der Waals surface area contributed by atoms with Crippen LogP contribution in [0.25, 0.3) is 22.4 Å². The third kappa shape index (κ3) is 3.30. The van der Waals surface area contributed by atoms with Crippen LogP contribution in [-0.2, 0) is 11.2 Å². The van der Waals surface area contributed by atoms with Crippen LogP contribution in [0.5, 0.6) is 0 Å². The lowest BCUT2D eigenvalue weighted by Gasteiger charge is -2.10. The molecule has 1 N–H and O–H groups in total. The number of nitrogens with zero attached hydrogens (tertiary/aromatic N) is 1. The van der Waals surface area contributed by atoms with E-state index in [0.29, 0.717) is 5.52 Å². The second-order valence-electron chi connectivity index (χ2n) is 6.55. The van der Waals surface area contributed by atoms with E-state index in [1.54, 1.807) is 0 Å². The van der Waals surface area contributed by atoms with E-state index >= 15 is 0 Å². The number of carbonyl (C=O) groups is 1. The summed E-state index contributed by atoms with van der Waals surface area (Å²) in [4.78, 5) is 19.5. The van der Waals surface area contributed by atoms with Crippen molar-refractivity contribution in [3.8, 4) is 11.4 Å². The quantitative estimate of drug-likeness (QED) is 0.371. The molecule has 0 unspecified atom stereocenters. The van der Waals surface area contributed by atoms with Gasteiger partial charge in [0.15, 0.2) is 0 Å². The van der Waals surface area contributed by atoms with E-state index in [9.17, 15) is 22.4 Å². The molecule has 0 aliphatic carbocycles. The van der Waals surface area contributed by atoms with E-state index < -0.39 is 29.2 Å². The highest BCUT2D eigenvalue weighted by atomic mass is 19.1. The normalized spacial score (nSPS) is 11.1. The Morgan fingerprint density at radius 2 is 1.53 bits per heavy atom. The molecule has 30 heavy (non-hydrogen) atoms. The first kappa shape index (κ1) is 19.6. The van der Waals surface area contributed by atoms with Gasteiger partial charge in [0.2, 0.25) is 0 Å². The SMILES string of the molecule is COC(=O)c1c(Cc2c(F)cccc2F)ccc2[nH]c(-c3c(F)cccc3F)nc12. The molecule has 1 heterocycles. The first-order chi connectivity index (χ1) is 14.4. The number of rotatable bonds is 4. The molecule has 152 valence electrons. The predicted molar refractivity (Wildman–Crippen MR) is 102 cm³/mol. The minimum Gasteiger partial charge on any atom is -0.465 e. The Bertz CT molecular complexity index is 1240. The topological polar surface area (TPSA) is 55.0 Å². The molecule has 4 nitrogen and oxygen atoms in total. The van der Waals surface area contributed by atoms with E-state index in [4.69, 9.17) is 4.74 Å². The van der Waals surface area contributed by atoms with Crippen LogP contribution in [0.1, 0.15) is 21.5 Å². The highest BCUT2D eigenvalue weighted by Gasteiger charge is 2.23. The average Bonchev–Trinajstić information content (AvgIpc) is 3.13. The Labute approximate surface area is 168 Å². The lowest BCUT2D eigenvalue weighted by molar-refractivity contribution is 0.0601. The van der Waals surface area contributed by atoms with E-state index in [0.717, 1.165) is 31.4 Å². The highest BCUT2D eigenvalue weighted by molar-refractivity contribution is 6.04. The van der Waals surface area contributed by atoms with Crippen LogP contribution >= 0.6 is 0 Å².